The normalized spacial score (nSPS) is 11.5. The molecule has 5 heteroatoms. The molecule has 0 aliphatic heterocycles. The Morgan fingerprint density at radius 2 is 1.77 bits per heavy atom. The minimum atomic E-state index is -3.28. The molecule has 2 rings (SSSR count). The lowest BCUT2D eigenvalue weighted by Gasteiger charge is -2.07. The smallest absolute Gasteiger partial charge is 0.215 e. The molecule has 0 unspecified atom stereocenters. The van der Waals surface area contributed by atoms with Crippen molar-refractivity contribution >= 4 is 21.6 Å². The molecule has 0 aromatic heterocycles. The molecule has 0 amide bonds. The highest BCUT2D eigenvalue weighted by Crippen LogP contribution is 2.11. The molecule has 0 radical (unpaired) electrons. The van der Waals surface area contributed by atoms with Crippen LogP contribution in [0.5, 0.6) is 0 Å². The topological polar surface area (TPSA) is 46.2 Å². The summed E-state index contributed by atoms with van der Waals surface area (Å²) in [6, 6.07) is 15.2. The van der Waals surface area contributed by atoms with Crippen molar-refractivity contribution in [2.24, 2.45) is 0 Å². The molecule has 2 aromatic carbocycles. The van der Waals surface area contributed by atoms with E-state index in [2.05, 4.69) is 4.72 Å². The molecule has 0 saturated carbocycles. The minimum absolute atomic E-state index is 0.0234. The highest BCUT2D eigenvalue weighted by molar-refractivity contribution is 7.88. The third-order valence-electron chi connectivity index (χ3n) is 3.32. The maximum Gasteiger partial charge on any atom is 0.215 e. The Bertz CT molecular complexity index is 712. The van der Waals surface area contributed by atoms with Crippen LogP contribution in [0.4, 0.5) is 0 Å². The molecule has 0 saturated heterocycles. The van der Waals surface area contributed by atoms with Crippen LogP contribution >= 0.6 is 11.6 Å². The van der Waals surface area contributed by atoms with Crippen molar-refractivity contribution in [3.63, 3.8) is 0 Å². The summed E-state index contributed by atoms with van der Waals surface area (Å²) in [7, 11) is -3.28. The lowest BCUT2D eigenvalue weighted by Crippen LogP contribution is -2.26. The first-order valence-electron chi connectivity index (χ1n) is 7.22. The second-order valence-corrected chi connectivity index (χ2v) is 7.62. The lowest BCUT2D eigenvalue weighted by molar-refractivity contribution is 0.578. The van der Waals surface area contributed by atoms with Crippen molar-refractivity contribution in [3.8, 4) is 0 Å². The van der Waals surface area contributed by atoms with E-state index in [0.717, 1.165) is 29.5 Å². The summed E-state index contributed by atoms with van der Waals surface area (Å²) in [6.45, 7) is 2.40. The van der Waals surface area contributed by atoms with Crippen molar-refractivity contribution in [1.82, 2.24) is 4.72 Å². The molecule has 0 heterocycles. The molecule has 0 spiro atoms. The molecule has 0 aliphatic carbocycles. The molecule has 0 atom stereocenters. The Morgan fingerprint density at radius 3 is 2.45 bits per heavy atom. The SMILES string of the molecule is Cc1cccc(CS(=O)(=O)NCCCc2ccc(Cl)cc2)c1. The largest absolute Gasteiger partial charge is 0.215 e. The zero-order valence-corrected chi connectivity index (χ0v) is 14.1. The molecule has 22 heavy (non-hydrogen) atoms. The molecule has 118 valence electrons. The van der Waals surface area contributed by atoms with Crippen molar-refractivity contribution < 1.29 is 8.42 Å². The van der Waals surface area contributed by atoms with Crippen LogP contribution in [-0.4, -0.2) is 15.0 Å². The third kappa shape index (κ3) is 5.79. The fraction of sp³-hybridized carbons (Fsp3) is 0.294. The average molecular weight is 338 g/mol. The van der Waals surface area contributed by atoms with E-state index in [1.807, 2.05) is 55.5 Å². The Kier molecular flexibility index (Phi) is 6.00. The number of hydrogen-bond acceptors (Lipinski definition) is 2. The maximum atomic E-state index is 12.0. The number of rotatable bonds is 7. The summed E-state index contributed by atoms with van der Waals surface area (Å²) in [4.78, 5) is 0. The molecule has 0 fully saturated rings. The van der Waals surface area contributed by atoms with E-state index in [9.17, 15) is 8.42 Å². The van der Waals surface area contributed by atoms with Crippen LogP contribution in [0.25, 0.3) is 0 Å². The Labute approximate surface area is 137 Å². The molecule has 2 aromatic rings. The number of hydrogen-bond donors (Lipinski definition) is 1. The average Bonchev–Trinajstić information content (AvgIpc) is 2.45. The van der Waals surface area contributed by atoms with E-state index in [-0.39, 0.29) is 5.75 Å². The number of benzene rings is 2. The van der Waals surface area contributed by atoms with Crippen LogP contribution in [0, 0.1) is 6.92 Å². The third-order valence-corrected chi connectivity index (χ3v) is 4.93. The van der Waals surface area contributed by atoms with Crippen LogP contribution in [0.15, 0.2) is 48.5 Å². The predicted octanol–water partition coefficient (Wildman–Crippen LogP) is 3.70. The predicted molar refractivity (Wildman–Crippen MR) is 91.6 cm³/mol. The summed E-state index contributed by atoms with van der Waals surface area (Å²) < 4.78 is 26.7. The quantitative estimate of drug-likeness (QED) is 0.783. The summed E-state index contributed by atoms with van der Waals surface area (Å²) in [5.74, 6) is 0.0234. The van der Waals surface area contributed by atoms with Gasteiger partial charge in [-0.15, -0.1) is 0 Å². The highest BCUT2D eigenvalue weighted by Gasteiger charge is 2.10. The van der Waals surface area contributed by atoms with Gasteiger partial charge in [-0.05, 0) is 43.0 Å². The molecule has 0 aliphatic rings. The van der Waals surface area contributed by atoms with Crippen molar-refractivity contribution in [2.45, 2.75) is 25.5 Å². The van der Waals surface area contributed by atoms with E-state index in [1.54, 1.807) is 0 Å². The molecular formula is C17H20ClNO2S. The van der Waals surface area contributed by atoms with Crippen LogP contribution in [0.3, 0.4) is 0 Å². The van der Waals surface area contributed by atoms with E-state index >= 15 is 0 Å². The zero-order valence-electron chi connectivity index (χ0n) is 12.5. The van der Waals surface area contributed by atoms with Gasteiger partial charge in [0.1, 0.15) is 0 Å². The van der Waals surface area contributed by atoms with Crippen LogP contribution < -0.4 is 4.72 Å². The maximum absolute atomic E-state index is 12.0. The van der Waals surface area contributed by atoms with Gasteiger partial charge in [-0.1, -0.05) is 53.6 Å². The molecule has 3 nitrogen and oxygen atoms in total. The zero-order chi connectivity index (χ0) is 16.0. The Hall–Kier alpha value is -1.36. The van der Waals surface area contributed by atoms with Gasteiger partial charge in [0, 0.05) is 11.6 Å². The molecule has 0 bridgehead atoms. The van der Waals surface area contributed by atoms with Gasteiger partial charge in [0.15, 0.2) is 0 Å². The number of aryl methyl sites for hydroxylation is 2. The monoisotopic (exact) mass is 337 g/mol. The van der Waals surface area contributed by atoms with Crippen LogP contribution in [-0.2, 0) is 22.2 Å². The van der Waals surface area contributed by atoms with Gasteiger partial charge in [0.2, 0.25) is 10.0 Å². The van der Waals surface area contributed by atoms with Crippen LogP contribution in [0.1, 0.15) is 23.1 Å². The van der Waals surface area contributed by atoms with Gasteiger partial charge in [-0.2, -0.15) is 0 Å². The number of sulfonamides is 1. The fourth-order valence-electron chi connectivity index (χ4n) is 2.24. The van der Waals surface area contributed by atoms with Gasteiger partial charge in [-0.25, -0.2) is 13.1 Å². The van der Waals surface area contributed by atoms with E-state index in [4.69, 9.17) is 11.6 Å². The first kappa shape index (κ1) is 17.0. The molecular weight excluding hydrogens is 318 g/mol. The second-order valence-electron chi connectivity index (χ2n) is 5.37. The second kappa shape index (κ2) is 7.77. The Morgan fingerprint density at radius 1 is 1.05 bits per heavy atom. The van der Waals surface area contributed by atoms with Crippen LogP contribution in [0.2, 0.25) is 5.02 Å². The van der Waals surface area contributed by atoms with Crippen molar-refractivity contribution in [3.05, 3.63) is 70.2 Å². The number of nitrogens with one attached hydrogen (secondary N) is 1. The van der Waals surface area contributed by atoms with Crippen molar-refractivity contribution in [2.75, 3.05) is 6.54 Å². The van der Waals surface area contributed by atoms with Gasteiger partial charge in [-0.3, -0.25) is 0 Å². The summed E-state index contributed by atoms with van der Waals surface area (Å²) in [5.41, 5.74) is 3.03. The molecule has 1 N–H and O–H groups in total. The highest BCUT2D eigenvalue weighted by atomic mass is 35.5. The summed E-state index contributed by atoms with van der Waals surface area (Å²) >= 11 is 5.83. The minimum Gasteiger partial charge on any atom is -0.215 e. The van der Waals surface area contributed by atoms with E-state index < -0.39 is 10.0 Å². The van der Waals surface area contributed by atoms with E-state index in [1.165, 1.54) is 0 Å². The first-order valence-corrected chi connectivity index (χ1v) is 9.25. The number of halogens is 1. The van der Waals surface area contributed by atoms with Gasteiger partial charge in [0.25, 0.3) is 0 Å². The summed E-state index contributed by atoms with van der Waals surface area (Å²) in [6.07, 6.45) is 1.58. The first-order chi connectivity index (χ1) is 10.4. The van der Waals surface area contributed by atoms with E-state index in [0.29, 0.717) is 11.6 Å². The summed E-state index contributed by atoms with van der Waals surface area (Å²) in [5, 5.41) is 0.711. The lowest BCUT2D eigenvalue weighted by atomic mass is 10.1. The fourth-order valence-corrected chi connectivity index (χ4v) is 3.55. The van der Waals surface area contributed by atoms with Crippen molar-refractivity contribution in [1.29, 1.82) is 0 Å². The Balaban J connectivity index is 1.79. The van der Waals surface area contributed by atoms with Gasteiger partial charge < -0.3 is 0 Å². The van der Waals surface area contributed by atoms with Gasteiger partial charge in [0.05, 0.1) is 5.75 Å². The standard InChI is InChI=1S/C17H20ClNO2S/c1-14-4-2-5-16(12-14)13-22(20,21)19-11-3-6-15-7-9-17(18)10-8-15/h2,4-5,7-10,12,19H,3,6,11,13H2,1H3. The van der Waals surface area contributed by atoms with Gasteiger partial charge >= 0.3 is 0 Å².